The van der Waals surface area contributed by atoms with Gasteiger partial charge in [-0.2, -0.15) is 0 Å². The molecule has 3 aromatic rings. The lowest BCUT2D eigenvalue weighted by atomic mass is 10.1. The highest BCUT2D eigenvalue weighted by atomic mass is 16.5. The molecule has 0 fully saturated rings. The lowest BCUT2D eigenvalue weighted by Gasteiger charge is -2.23. The van der Waals surface area contributed by atoms with Crippen LogP contribution in [-0.2, 0) is 11.2 Å². The molecule has 0 aliphatic carbocycles. The van der Waals surface area contributed by atoms with E-state index in [1.165, 1.54) is 0 Å². The zero-order chi connectivity index (χ0) is 16.9. The Bertz CT molecular complexity index is 841. The molecule has 0 N–H and O–H groups in total. The van der Waals surface area contributed by atoms with Crippen LogP contribution in [0.15, 0.2) is 53.1 Å². The van der Waals surface area contributed by atoms with Crippen LogP contribution < -0.4 is 9.64 Å². The standard InChI is InChI=1S/C19H20N2O3/c1-3-21(16-10-6-8-12-18(16)23-4-2)19(22)13-15-14-9-5-7-11-17(14)24-20-15/h5-12H,3-4,13H2,1-2H3. The number of fused-ring (bicyclic) bond motifs is 1. The van der Waals surface area contributed by atoms with E-state index >= 15 is 0 Å². The van der Waals surface area contributed by atoms with Crippen LogP contribution in [0.1, 0.15) is 19.5 Å². The summed E-state index contributed by atoms with van der Waals surface area (Å²) in [6.07, 6.45) is 0.186. The number of likely N-dealkylation sites (N-methyl/N-ethyl adjacent to an activating group) is 1. The Morgan fingerprint density at radius 2 is 1.88 bits per heavy atom. The van der Waals surface area contributed by atoms with Crippen molar-refractivity contribution in [2.75, 3.05) is 18.1 Å². The minimum Gasteiger partial charge on any atom is -0.492 e. The van der Waals surface area contributed by atoms with Crippen molar-refractivity contribution < 1.29 is 14.1 Å². The first-order chi connectivity index (χ1) is 11.7. The van der Waals surface area contributed by atoms with Crippen molar-refractivity contribution in [2.45, 2.75) is 20.3 Å². The summed E-state index contributed by atoms with van der Waals surface area (Å²) < 4.78 is 10.9. The molecule has 2 aromatic carbocycles. The number of aromatic nitrogens is 1. The smallest absolute Gasteiger partial charge is 0.233 e. The maximum absolute atomic E-state index is 12.8. The van der Waals surface area contributed by atoms with Crippen molar-refractivity contribution in [3.8, 4) is 5.75 Å². The van der Waals surface area contributed by atoms with Crippen LogP contribution in [-0.4, -0.2) is 24.2 Å². The number of benzene rings is 2. The fraction of sp³-hybridized carbons (Fsp3) is 0.263. The minimum absolute atomic E-state index is 0.0382. The summed E-state index contributed by atoms with van der Waals surface area (Å²) in [5, 5.41) is 4.93. The molecule has 5 nitrogen and oxygen atoms in total. The van der Waals surface area contributed by atoms with E-state index in [0.29, 0.717) is 30.2 Å². The second-order valence-corrected chi connectivity index (χ2v) is 5.34. The molecule has 3 rings (SSSR count). The molecular weight excluding hydrogens is 304 g/mol. The molecule has 0 radical (unpaired) electrons. The van der Waals surface area contributed by atoms with E-state index in [2.05, 4.69) is 5.16 Å². The summed E-state index contributed by atoms with van der Waals surface area (Å²) in [5.74, 6) is 0.670. The number of para-hydroxylation sites is 3. The Balaban J connectivity index is 1.87. The van der Waals surface area contributed by atoms with Gasteiger partial charge in [-0.15, -0.1) is 0 Å². The van der Waals surface area contributed by atoms with Crippen molar-refractivity contribution in [2.24, 2.45) is 0 Å². The Kier molecular flexibility index (Phi) is 4.79. The van der Waals surface area contributed by atoms with E-state index in [1.54, 1.807) is 4.90 Å². The van der Waals surface area contributed by atoms with Crippen molar-refractivity contribution >= 4 is 22.6 Å². The molecule has 0 aliphatic rings. The number of carbonyl (C=O) groups excluding carboxylic acids is 1. The first-order valence-corrected chi connectivity index (χ1v) is 8.10. The van der Waals surface area contributed by atoms with Crippen molar-refractivity contribution in [1.29, 1.82) is 0 Å². The number of nitrogens with zero attached hydrogens (tertiary/aromatic N) is 2. The van der Waals surface area contributed by atoms with Crippen LogP contribution in [0.2, 0.25) is 0 Å². The van der Waals surface area contributed by atoms with E-state index in [9.17, 15) is 4.79 Å². The molecule has 124 valence electrons. The molecule has 0 atom stereocenters. The molecule has 1 amide bonds. The SMILES string of the molecule is CCOc1ccccc1N(CC)C(=O)Cc1noc2ccccc12. The highest BCUT2D eigenvalue weighted by Crippen LogP contribution is 2.29. The predicted octanol–water partition coefficient (Wildman–Crippen LogP) is 3.82. The largest absolute Gasteiger partial charge is 0.492 e. The van der Waals surface area contributed by atoms with Crippen LogP contribution in [0.5, 0.6) is 5.75 Å². The molecule has 0 aliphatic heterocycles. The van der Waals surface area contributed by atoms with Gasteiger partial charge in [0.15, 0.2) is 5.58 Å². The number of rotatable bonds is 6. The van der Waals surface area contributed by atoms with E-state index in [1.807, 2.05) is 62.4 Å². The topological polar surface area (TPSA) is 55.6 Å². The Morgan fingerprint density at radius 3 is 2.67 bits per heavy atom. The van der Waals surface area contributed by atoms with Crippen molar-refractivity contribution in [3.05, 3.63) is 54.2 Å². The highest BCUT2D eigenvalue weighted by molar-refractivity contribution is 5.97. The molecule has 0 saturated carbocycles. The first-order valence-electron chi connectivity index (χ1n) is 8.10. The highest BCUT2D eigenvalue weighted by Gasteiger charge is 2.20. The second-order valence-electron chi connectivity index (χ2n) is 5.34. The van der Waals surface area contributed by atoms with Gasteiger partial charge in [0.1, 0.15) is 11.4 Å². The van der Waals surface area contributed by atoms with Gasteiger partial charge in [0, 0.05) is 11.9 Å². The fourth-order valence-corrected chi connectivity index (χ4v) is 2.74. The molecule has 0 bridgehead atoms. The molecule has 5 heteroatoms. The van der Waals surface area contributed by atoms with E-state index in [0.717, 1.165) is 11.1 Å². The summed E-state index contributed by atoms with van der Waals surface area (Å²) in [7, 11) is 0. The molecular formula is C19H20N2O3. The van der Waals surface area contributed by atoms with Gasteiger partial charge in [-0.3, -0.25) is 4.79 Å². The maximum Gasteiger partial charge on any atom is 0.233 e. The zero-order valence-corrected chi connectivity index (χ0v) is 13.9. The molecule has 0 unspecified atom stereocenters. The van der Waals surface area contributed by atoms with Crippen LogP contribution in [0.4, 0.5) is 5.69 Å². The van der Waals surface area contributed by atoms with Gasteiger partial charge in [-0.05, 0) is 38.1 Å². The van der Waals surface area contributed by atoms with E-state index in [-0.39, 0.29) is 12.3 Å². The minimum atomic E-state index is -0.0382. The number of hydrogen-bond donors (Lipinski definition) is 0. The quantitative estimate of drug-likeness (QED) is 0.691. The normalized spacial score (nSPS) is 10.8. The maximum atomic E-state index is 12.8. The van der Waals surface area contributed by atoms with E-state index < -0.39 is 0 Å². The summed E-state index contributed by atoms with van der Waals surface area (Å²) in [5.41, 5.74) is 2.13. The Hall–Kier alpha value is -2.82. The van der Waals surface area contributed by atoms with Gasteiger partial charge in [0.05, 0.1) is 18.7 Å². The lowest BCUT2D eigenvalue weighted by molar-refractivity contribution is -0.118. The van der Waals surface area contributed by atoms with Crippen LogP contribution >= 0.6 is 0 Å². The Morgan fingerprint density at radius 1 is 1.12 bits per heavy atom. The second kappa shape index (κ2) is 7.17. The number of carbonyl (C=O) groups is 1. The summed E-state index contributed by atoms with van der Waals surface area (Å²) in [4.78, 5) is 14.5. The molecule has 1 heterocycles. The van der Waals surface area contributed by atoms with Gasteiger partial charge >= 0.3 is 0 Å². The van der Waals surface area contributed by atoms with Crippen molar-refractivity contribution in [3.63, 3.8) is 0 Å². The van der Waals surface area contributed by atoms with Crippen LogP contribution in [0.25, 0.3) is 11.0 Å². The third-order valence-corrected chi connectivity index (χ3v) is 3.84. The summed E-state index contributed by atoms with van der Waals surface area (Å²) in [6, 6.07) is 15.1. The summed E-state index contributed by atoms with van der Waals surface area (Å²) in [6.45, 7) is 4.98. The molecule has 24 heavy (non-hydrogen) atoms. The average molecular weight is 324 g/mol. The van der Waals surface area contributed by atoms with Crippen molar-refractivity contribution in [1.82, 2.24) is 5.16 Å². The molecule has 0 saturated heterocycles. The Labute approximate surface area is 140 Å². The molecule has 0 spiro atoms. The third-order valence-electron chi connectivity index (χ3n) is 3.84. The fourth-order valence-electron chi connectivity index (χ4n) is 2.74. The molecule has 1 aromatic heterocycles. The number of ether oxygens (including phenoxy) is 1. The first kappa shape index (κ1) is 16.1. The number of anilines is 1. The van der Waals surface area contributed by atoms with Gasteiger partial charge in [0.2, 0.25) is 5.91 Å². The number of hydrogen-bond acceptors (Lipinski definition) is 4. The van der Waals surface area contributed by atoms with Crippen LogP contribution in [0.3, 0.4) is 0 Å². The zero-order valence-electron chi connectivity index (χ0n) is 13.9. The summed E-state index contributed by atoms with van der Waals surface area (Å²) >= 11 is 0. The predicted molar refractivity (Wildman–Crippen MR) is 93.4 cm³/mol. The van der Waals surface area contributed by atoms with E-state index in [4.69, 9.17) is 9.26 Å². The van der Waals surface area contributed by atoms with Gasteiger partial charge < -0.3 is 14.2 Å². The monoisotopic (exact) mass is 324 g/mol. The number of amides is 1. The van der Waals surface area contributed by atoms with Gasteiger partial charge in [-0.1, -0.05) is 29.4 Å². The van der Waals surface area contributed by atoms with Gasteiger partial charge in [0.25, 0.3) is 0 Å². The van der Waals surface area contributed by atoms with Crippen LogP contribution in [0, 0.1) is 0 Å². The average Bonchev–Trinajstić information content (AvgIpc) is 3.00. The third kappa shape index (κ3) is 3.11. The van der Waals surface area contributed by atoms with Gasteiger partial charge in [-0.25, -0.2) is 0 Å². The lowest BCUT2D eigenvalue weighted by Crippen LogP contribution is -2.32.